The highest BCUT2D eigenvalue weighted by Crippen LogP contribution is 2.41. The molecule has 0 aliphatic carbocycles. The first-order valence-corrected chi connectivity index (χ1v) is 6.62. The minimum atomic E-state index is -4.42. The molecule has 3 nitrogen and oxygen atoms in total. The zero-order chi connectivity index (χ0) is 15.5. The lowest BCUT2D eigenvalue weighted by molar-refractivity contribution is -0.139. The van der Waals surface area contributed by atoms with Crippen molar-refractivity contribution in [3.63, 3.8) is 0 Å². The first-order chi connectivity index (χ1) is 9.91. The Kier molecular flexibility index (Phi) is 4.55. The van der Waals surface area contributed by atoms with Gasteiger partial charge in [-0.15, -0.1) is 0 Å². The molecule has 0 aromatic heterocycles. The van der Waals surface area contributed by atoms with Gasteiger partial charge in [0.1, 0.15) is 11.9 Å². The lowest BCUT2D eigenvalue weighted by Crippen LogP contribution is -2.11. The molecule has 0 amide bonds. The largest absolute Gasteiger partial charge is 0.490 e. The van der Waals surface area contributed by atoms with Gasteiger partial charge in [0.05, 0.1) is 18.2 Å². The van der Waals surface area contributed by atoms with E-state index in [0.29, 0.717) is 18.6 Å². The average molecular weight is 300 g/mol. The number of rotatable bonds is 3. The van der Waals surface area contributed by atoms with E-state index < -0.39 is 23.8 Å². The first kappa shape index (κ1) is 15.4. The topological polar surface area (TPSA) is 35.5 Å². The molecule has 0 N–H and O–H groups in total. The summed E-state index contributed by atoms with van der Waals surface area (Å²) in [5.41, 5.74) is -0.607. The van der Waals surface area contributed by atoms with E-state index in [1.54, 1.807) is 13.0 Å². The fraction of sp³-hybridized carbons (Fsp3) is 0.400. The van der Waals surface area contributed by atoms with E-state index in [-0.39, 0.29) is 12.2 Å². The third-order valence-electron chi connectivity index (χ3n) is 3.13. The van der Waals surface area contributed by atoms with Gasteiger partial charge in [0.25, 0.3) is 0 Å². The normalized spacial score (nSPS) is 20.4. The molecular weight excluding hydrogens is 285 g/mol. The highest BCUT2D eigenvalue weighted by atomic mass is 19.4. The summed E-state index contributed by atoms with van der Waals surface area (Å²) < 4.78 is 49.1. The lowest BCUT2D eigenvalue weighted by atomic mass is 10.00. The van der Waals surface area contributed by atoms with Crippen molar-refractivity contribution < 1.29 is 27.4 Å². The van der Waals surface area contributed by atoms with E-state index in [9.17, 15) is 18.0 Å². The monoisotopic (exact) mass is 300 g/mol. The smallest absolute Gasteiger partial charge is 0.416 e. The lowest BCUT2D eigenvalue weighted by Gasteiger charge is -2.17. The minimum absolute atomic E-state index is 0.0947. The molecule has 0 radical (unpaired) electrons. The van der Waals surface area contributed by atoms with Crippen molar-refractivity contribution in [2.75, 3.05) is 6.61 Å². The Labute approximate surface area is 120 Å². The van der Waals surface area contributed by atoms with Crippen molar-refractivity contribution in [2.24, 2.45) is 0 Å². The maximum atomic E-state index is 13.0. The van der Waals surface area contributed by atoms with Crippen LogP contribution < -0.4 is 0 Å². The molecular formula is C15H15F3O3. The molecule has 1 saturated heterocycles. The summed E-state index contributed by atoms with van der Waals surface area (Å²) >= 11 is 0. The van der Waals surface area contributed by atoms with Crippen LogP contribution in [0.1, 0.15) is 37.0 Å². The second kappa shape index (κ2) is 6.20. The van der Waals surface area contributed by atoms with Crippen molar-refractivity contribution in [1.82, 2.24) is 0 Å². The average Bonchev–Trinajstić information content (AvgIpc) is 2.86. The van der Waals surface area contributed by atoms with Crippen LogP contribution in [0.4, 0.5) is 13.2 Å². The van der Waals surface area contributed by atoms with Gasteiger partial charge in [-0.1, -0.05) is 18.2 Å². The van der Waals surface area contributed by atoms with Crippen molar-refractivity contribution in [1.29, 1.82) is 0 Å². The molecule has 0 spiro atoms. The van der Waals surface area contributed by atoms with Crippen LogP contribution >= 0.6 is 0 Å². The van der Waals surface area contributed by atoms with Gasteiger partial charge in [-0.2, -0.15) is 13.2 Å². The molecule has 21 heavy (non-hydrogen) atoms. The van der Waals surface area contributed by atoms with Gasteiger partial charge in [0.15, 0.2) is 0 Å². The predicted molar refractivity (Wildman–Crippen MR) is 69.2 cm³/mol. The number of hydrogen-bond acceptors (Lipinski definition) is 3. The van der Waals surface area contributed by atoms with Crippen molar-refractivity contribution in [2.45, 2.75) is 32.0 Å². The minimum Gasteiger partial charge on any atom is -0.490 e. The van der Waals surface area contributed by atoms with Crippen molar-refractivity contribution >= 4 is 5.97 Å². The van der Waals surface area contributed by atoms with E-state index in [0.717, 1.165) is 6.07 Å². The fourth-order valence-corrected chi connectivity index (χ4v) is 2.25. The van der Waals surface area contributed by atoms with Gasteiger partial charge >= 0.3 is 12.1 Å². The van der Waals surface area contributed by atoms with E-state index in [1.165, 1.54) is 18.2 Å². The number of hydrogen-bond donors (Lipinski definition) is 0. The third-order valence-corrected chi connectivity index (χ3v) is 3.13. The number of carbonyl (C=O) groups is 1. The molecule has 114 valence electrons. The number of halogens is 3. The van der Waals surface area contributed by atoms with E-state index in [1.807, 2.05) is 0 Å². The summed E-state index contributed by atoms with van der Waals surface area (Å²) in [5.74, 6) is -0.187. The van der Waals surface area contributed by atoms with E-state index >= 15 is 0 Å². The molecule has 1 unspecified atom stereocenters. The zero-order valence-corrected chi connectivity index (χ0v) is 11.4. The van der Waals surface area contributed by atoms with E-state index in [2.05, 4.69) is 0 Å². The second-order valence-corrected chi connectivity index (χ2v) is 4.59. The Morgan fingerprint density at radius 2 is 2.14 bits per heavy atom. The third kappa shape index (κ3) is 3.77. The Hall–Kier alpha value is -1.98. The van der Waals surface area contributed by atoms with Crippen LogP contribution in [0, 0.1) is 0 Å². The van der Waals surface area contributed by atoms with Crippen LogP contribution in [-0.2, 0) is 20.4 Å². The molecule has 1 aliphatic heterocycles. The Balaban J connectivity index is 2.17. The predicted octanol–water partition coefficient (Wildman–Crippen LogP) is 4.00. The van der Waals surface area contributed by atoms with Crippen LogP contribution in [0.5, 0.6) is 0 Å². The molecule has 1 fully saturated rings. The summed E-state index contributed by atoms with van der Waals surface area (Å²) in [4.78, 5) is 11.3. The molecule has 2 rings (SSSR count). The highest BCUT2D eigenvalue weighted by Gasteiger charge is 2.36. The van der Waals surface area contributed by atoms with Gasteiger partial charge in [0, 0.05) is 12.0 Å². The van der Waals surface area contributed by atoms with Crippen LogP contribution in [-0.4, -0.2) is 12.6 Å². The molecule has 0 bridgehead atoms. The summed E-state index contributed by atoms with van der Waals surface area (Å²) in [6, 6.07) is 5.32. The van der Waals surface area contributed by atoms with Crippen molar-refractivity contribution in [3.8, 4) is 0 Å². The highest BCUT2D eigenvalue weighted by molar-refractivity contribution is 5.82. The maximum Gasteiger partial charge on any atom is 0.416 e. The van der Waals surface area contributed by atoms with Crippen LogP contribution in [0.2, 0.25) is 0 Å². The second-order valence-electron chi connectivity index (χ2n) is 4.59. The molecule has 1 aliphatic rings. The number of benzene rings is 1. The standard InChI is InChI=1S/C15H15F3O3/c1-2-20-14(19)9-10-7-8-13(21-10)11-5-3-4-6-12(11)15(16,17)18/h3-6,9,13H,2,7-8H2,1H3/b10-9+. The zero-order valence-electron chi connectivity index (χ0n) is 11.4. The van der Waals surface area contributed by atoms with Gasteiger partial charge in [0.2, 0.25) is 0 Å². The molecule has 1 atom stereocenters. The summed E-state index contributed by atoms with van der Waals surface area (Å²) in [6.45, 7) is 1.91. The first-order valence-electron chi connectivity index (χ1n) is 6.62. The van der Waals surface area contributed by atoms with Gasteiger partial charge in [-0.25, -0.2) is 4.79 Å². The van der Waals surface area contributed by atoms with Gasteiger partial charge < -0.3 is 9.47 Å². The summed E-state index contributed by atoms with van der Waals surface area (Å²) in [7, 11) is 0. The number of allylic oxidation sites excluding steroid dienone is 1. The number of esters is 1. The van der Waals surface area contributed by atoms with Crippen LogP contribution in [0.15, 0.2) is 36.1 Å². The molecule has 0 saturated carbocycles. The fourth-order valence-electron chi connectivity index (χ4n) is 2.25. The van der Waals surface area contributed by atoms with Crippen LogP contribution in [0.25, 0.3) is 0 Å². The maximum absolute atomic E-state index is 13.0. The molecule has 1 aromatic rings. The Morgan fingerprint density at radius 1 is 1.43 bits per heavy atom. The van der Waals surface area contributed by atoms with Gasteiger partial charge in [-0.05, 0) is 19.4 Å². The number of alkyl halides is 3. The molecule has 6 heteroatoms. The molecule has 1 aromatic carbocycles. The van der Waals surface area contributed by atoms with E-state index in [4.69, 9.17) is 9.47 Å². The quantitative estimate of drug-likeness (QED) is 0.625. The molecule has 1 heterocycles. The van der Waals surface area contributed by atoms with Gasteiger partial charge in [-0.3, -0.25) is 0 Å². The van der Waals surface area contributed by atoms with Crippen LogP contribution in [0.3, 0.4) is 0 Å². The summed E-state index contributed by atoms with van der Waals surface area (Å²) in [6.07, 6.45) is -3.11. The Bertz CT molecular complexity index is 549. The van der Waals surface area contributed by atoms with Crippen molar-refractivity contribution in [3.05, 3.63) is 47.2 Å². The number of ether oxygens (including phenoxy) is 2. The number of carbonyl (C=O) groups excluding carboxylic acids is 1. The summed E-state index contributed by atoms with van der Waals surface area (Å²) in [5, 5.41) is 0. The Morgan fingerprint density at radius 3 is 2.81 bits per heavy atom. The SMILES string of the molecule is CCOC(=O)/C=C1\CCC(c2ccccc2C(F)(F)F)O1.